The highest BCUT2D eigenvalue weighted by molar-refractivity contribution is 5.61. The minimum atomic E-state index is 0.243. The zero-order valence-electron chi connectivity index (χ0n) is 9.90. The average molecular weight is 221 g/mol. The molecular weight excluding hydrogens is 206 g/mol. The summed E-state index contributed by atoms with van der Waals surface area (Å²) in [5.41, 5.74) is 1.50. The number of rotatable bonds is 4. The van der Waals surface area contributed by atoms with Crippen LogP contribution < -0.4 is 9.47 Å². The number of hydrogen-bond acceptors (Lipinski definition) is 4. The maximum atomic E-state index is 10.3. The van der Waals surface area contributed by atoms with E-state index in [1.54, 1.807) is 26.4 Å². The fourth-order valence-electron chi connectivity index (χ4n) is 1.49. The van der Waals surface area contributed by atoms with E-state index < -0.39 is 0 Å². The molecule has 0 N–H and O–H groups in total. The number of ether oxygens (including phenoxy) is 2. The topological polar surface area (TPSA) is 47.9 Å². The van der Waals surface area contributed by atoms with Gasteiger partial charge in [0.15, 0.2) is 11.5 Å². The van der Waals surface area contributed by atoms with Crippen molar-refractivity contribution in [3.63, 3.8) is 0 Å². The van der Waals surface area contributed by atoms with E-state index in [4.69, 9.17) is 9.47 Å². The molecule has 86 valence electrons. The van der Waals surface area contributed by atoms with Crippen LogP contribution in [0.3, 0.4) is 0 Å². The maximum absolute atomic E-state index is 10.3. The molecule has 0 unspecified atom stereocenters. The summed E-state index contributed by atoms with van der Waals surface area (Å²) >= 11 is 0. The van der Waals surface area contributed by atoms with Gasteiger partial charge in [-0.15, -0.1) is 0 Å². The summed E-state index contributed by atoms with van der Waals surface area (Å²) in [6.45, 7) is 4.04. The third-order valence-corrected chi connectivity index (χ3v) is 2.32. The van der Waals surface area contributed by atoms with Crippen LogP contribution in [-0.4, -0.2) is 20.3 Å². The van der Waals surface area contributed by atoms with Gasteiger partial charge in [0.2, 0.25) is 6.08 Å². The van der Waals surface area contributed by atoms with Crippen LogP contribution >= 0.6 is 0 Å². The van der Waals surface area contributed by atoms with Crippen molar-refractivity contribution in [3.05, 3.63) is 17.7 Å². The first kappa shape index (κ1) is 12.3. The molecule has 0 fully saturated rings. The molecule has 0 bridgehead atoms. The highest BCUT2D eigenvalue weighted by atomic mass is 16.5. The summed E-state index contributed by atoms with van der Waals surface area (Å²) in [7, 11) is 3.12. The Kier molecular flexibility index (Phi) is 4.09. The number of nitrogens with zero attached hydrogens (tertiary/aromatic N) is 1. The maximum Gasteiger partial charge on any atom is 0.240 e. The quantitative estimate of drug-likeness (QED) is 0.580. The summed E-state index contributed by atoms with van der Waals surface area (Å²) in [5, 5.41) is 0. The Morgan fingerprint density at radius 2 is 1.75 bits per heavy atom. The molecule has 0 saturated carbocycles. The predicted octanol–water partition coefficient (Wildman–Crippen LogP) is 2.79. The molecule has 0 aliphatic rings. The highest BCUT2D eigenvalue weighted by Gasteiger charge is 2.13. The van der Waals surface area contributed by atoms with Gasteiger partial charge in [0, 0.05) is 6.07 Å². The Labute approximate surface area is 94.9 Å². The molecule has 0 spiro atoms. The van der Waals surface area contributed by atoms with Crippen LogP contribution in [0.15, 0.2) is 17.1 Å². The smallest absolute Gasteiger partial charge is 0.240 e. The van der Waals surface area contributed by atoms with Gasteiger partial charge in [-0.3, -0.25) is 0 Å². The molecule has 0 heterocycles. The van der Waals surface area contributed by atoms with E-state index >= 15 is 0 Å². The second kappa shape index (κ2) is 5.33. The summed E-state index contributed by atoms with van der Waals surface area (Å²) < 4.78 is 10.3. The van der Waals surface area contributed by atoms with Crippen molar-refractivity contribution >= 4 is 11.8 Å². The molecule has 0 radical (unpaired) electrons. The predicted molar refractivity (Wildman–Crippen MR) is 61.4 cm³/mol. The second-order valence-corrected chi connectivity index (χ2v) is 3.62. The van der Waals surface area contributed by atoms with Crippen molar-refractivity contribution in [2.75, 3.05) is 14.2 Å². The van der Waals surface area contributed by atoms with Crippen LogP contribution in [0.5, 0.6) is 11.5 Å². The van der Waals surface area contributed by atoms with Gasteiger partial charge in [0.25, 0.3) is 0 Å². The minimum Gasteiger partial charge on any atom is -0.493 e. The molecule has 0 aliphatic heterocycles. The van der Waals surface area contributed by atoms with Gasteiger partial charge < -0.3 is 9.47 Å². The van der Waals surface area contributed by atoms with E-state index in [0.717, 1.165) is 5.56 Å². The number of isocyanates is 1. The van der Waals surface area contributed by atoms with E-state index in [2.05, 4.69) is 4.99 Å². The van der Waals surface area contributed by atoms with Gasteiger partial charge in [-0.05, 0) is 17.5 Å². The lowest BCUT2D eigenvalue weighted by molar-refractivity contribution is 0.354. The van der Waals surface area contributed by atoms with Crippen molar-refractivity contribution in [2.45, 2.75) is 19.8 Å². The van der Waals surface area contributed by atoms with Crippen LogP contribution in [0.1, 0.15) is 25.3 Å². The normalized spacial score (nSPS) is 9.81. The van der Waals surface area contributed by atoms with Gasteiger partial charge in [0.1, 0.15) is 0 Å². The number of methoxy groups -OCH3 is 2. The van der Waals surface area contributed by atoms with E-state index in [1.165, 1.54) is 0 Å². The average Bonchev–Trinajstić information content (AvgIpc) is 2.28. The Bertz CT molecular complexity index is 421. The number of aliphatic imine (C=N–C) groups is 1. The van der Waals surface area contributed by atoms with Crippen molar-refractivity contribution in [3.8, 4) is 11.5 Å². The number of hydrogen-bond donors (Lipinski definition) is 0. The molecule has 1 aromatic rings. The van der Waals surface area contributed by atoms with Crippen molar-refractivity contribution < 1.29 is 14.3 Å². The van der Waals surface area contributed by atoms with E-state index in [0.29, 0.717) is 17.2 Å². The summed E-state index contributed by atoms with van der Waals surface area (Å²) in [6.07, 6.45) is 1.55. The van der Waals surface area contributed by atoms with Crippen LogP contribution in [0.4, 0.5) is 5.69 Å². The van der Waals surface area contributed by atoms with Crippen LogP contribution in [0.25, 0.3) is 0 Å². The Balaban J connectivity index is 3.40. The molecule has 16 heavy (non-hydrogen) atoms. The standard InChI is InChI=1S/C12H15NO3/c1-8(2)9-5-11(15-3)12(16-4)6-10(9)13-7-14/h5-6,8H,1-4H3. The molecule has 0 saturated heterocycles. The van der Waals surface area contributed by atoms with E-state index in [1.807, 2.05) is 19.9 Å². The second-order valence-electron chi connectivity index (χ2n) is 3.62. The fraction of sp³-hybridized carbons (Fsp3) is 0.417. The van der Waals surface area contributed by atoms with Gasteiger partial charge in [-0.2, -0.15) is 4.99 Å². The first-order valence-electron chi connectivity index (χ1n) is 4.97. The number of benzene rings is 1. The first-order chi connectivity index (χ1) is 7.63. The molecule has 0 amide bonds. The van der Waals surface area contributed by atoms with E-state index in [9.17, 15) is 4.79 Å². The van der Waals surface area contributed by atoms with Gasteiger partial charge in [-0.1, -0.05) is 13.8 Å². The van der Waals surface area contributed by atoms with Crippen molar-refractivity contribution in [2.24, 2.45) is 4.99 Å². The minimum absolute atomic E-state index is 0.243. The molecule has 1 aromatic carbocycles. The van der Waals surface area contributed by atoms with E-state index in [-0.39, 0.29) is 5.92 Å². The molecule has 4 heteroatoms. The summed E-state index contributed by atoms with van der Waals surface area (Å²) in [4.78, 5) is 14.0. The lowest BCUT2D eigenvalue weighted by atomic mass is 10.0. The summed E-state index contributed by atoms with van der Waals surface area (Å²) in [5.74, 6) is 1.43. The fourth-order valence-corrected chi connectivity index (χ4v) is 1.49. The molecule has 4 nitrogen and oxygen atoms in total. The number of carbonyl (C=O) groups excluding carboxylic acids is 1. The van der Waals surface area contributed by atoms with Crippen LogP contribution in [0, 0.1) is 0 Å². The SMILES string of the molecule is COc1cc(N=C=O)c(C(C)C)cc1OC. The van der Waals surface area contributed by atoms with Crippen molar-refractivity contribution in [1.82, 2.24) is 0 Å². The first-order valence-corrected chi connectivity index (χ1v) is 4.97. The lowest BCUT2D eigenvalue weighted by Crippen LogP contribution is -1.95. The zero-order valence-corrected chi connectivity index (χ0v) is 9.90. The Morgan fingerprint density at radius 1 is 1.19 bits per heavy atom. The monoisotopic (exact) mass is 221 g/mol. The summed E-state index contributed by atoms with van der Waals surface area (Å²) in [6, 6.07) is 3.51. The Morgan fingerprint density at radius 3 is 2.19 bits per heavy atom. The zero-order chi connectivity index (χ0) is 12.1. The molecule has 1 rings (SSSR count). The third kappa shape index (κ3) is 2.41. The van der Waals surface area contributed by atoms with Gasteiger partial charge in [0.05, 0.1) is 19.9 Å². The van der Waals surface area contributed by atoms with Crippen LogP contribution in [-0.2, 0) is 4.79 Å². The third-order valence-electron chi connectivity index (χ3n) is 2.32. The molecule has 0 atom stereocenters. The van der Waals surface area contributed by atoms with Gasteiger partial charge >= 0.3 is 0 Å². The van der Waals surface area contributed by atoms with Crippen molar-refractivity contribution in [1.29, 1.82) is 0 Å². The lowest BCUT2D eigenvalue weighted by Gasteiger charge is -2.13. The molecular formula is C12H15NO3. The largest absolute Gasteiger partial charge is 0.493 e. The van der Waals surface area contributed by atoms with Gasteiger partial charge in [-0.25, -0.2) is 4.79 Å². The molecule has 0 aliphatic carbocycles. The Hall–Kier alpha value is -1.80. The van der Waals surface area contributed by atoms with Crippen LogP contribution in [0.2, 0.25) is 0 Å². The molecule has 0 aromatic heterocycles. The highest BCUT2D eigenvalue weighted by Crippen LogP contribution is 2.37.